The van der Waals surface area contributed by atoms with Crippen LogP contribution in [0.2, 0.25) is 0 Å². The molecule has 0 saturated carbocycles. The fraction of sp³-hybridized carbons (Fsp3) is 0.429. The molecule has 0 radical (unpaired) electrons. The molecule has 0 spiro atoms. The summed E-state index contributed by atoms with van der Waals surface area (Å²) in [5, 5.41) is 0. The fourth-order valence-corrected chi connectivity index (χ4v) is 0.955. The molecule has 0 rings (SSSR count). The summed E-state index contributed by atoms with van der Waals surface area (Å²) in [5.41, 5.74) is 0. The summed E-state index contributed by atoms with van der Waals surface area (Å²) in [7, 11) is 0. The van der Waals surface area contributed by atoms with E-state index in [4.69, 9.17) is 18.9 Å². The second-order valence-electron chi connectivity index (χ2n) is 3.37. The van der Waals surface area contributed by atoms with Crippen molar-refractivity contribution < 1.29 is 28.5 Å². The summed E-state index contributed by atoms with van der Waals surface area (Å²) in [4.78, 5) is 22.3. The van der Waals surface area contributed by atoms with Crippen LogP contribution in [0.15, 0.2) is 37.1 Å². The number of ether oxygens (including phenoxy) is 4. The van der Waals surface area contributed by atoms with Gasteiger partial charge in [0.15, 0.2) is 0 Å². The Labute approximate surface area is 118 Å². The Morgan fingerprint density at radius 1 is 1.00 bits per heavy atom. The molecule has 20 heavy (non-hydrogen) atoms. The fourth-order valence-electron chi connectivity index (χ4n) is 0.955. The van der Waals surface area contributed by atoms with Gasteiger partial charge in [0.2, 0.25) is 0 Å². The van der Waals surface area contributed by atoms with Gasteiger partial charge in [-0.15, -0.1) is 6.58 Å². The van der Waals surface area contributed by atoms with Crippen molar-refractivity contribution >= 4 is 11.9 Å². The Morgan fingerprint density at radius 2 is 1.60 bits per heavy atom. The summed E-state index contributed by atoms with van der Waals surface area (Å²) >= 11 is 0. The first-order valence-electron chi connectivity index (χ1n) is 6.13. The predicted octanol–water partition coefficient (Wildman–Crippen LogP) is 1.38. The van der Waals surface area contributed by atoms with E-state index in [1.54, 1.807) is 12.2 Å². The Hall–Kier alpha value is -2.08. The standard InChI is InChI=1S/C14H20O6/c1-3-7-17-9-11-19-13(15)5-6-14(16)20-12-10-18-8-4-2/h3-6,8H,1,7,9-12H2,2H3/b6-5+,8-4+. The highest BCUT2D eigenvalue weighted by molar-refractivity contribution is 5.91. The van der Waals surface area contributed by atoms with Crippen molar-refractivity contribution in [1.82, 2.24) is 0 Å². The van der Waals surface area contributed by atoms with Gasteiger partial charge in [-0.3, -0.25) is 0 Å². The van der Waals surface area contributed by atoms with Gasteiger partial charge in [0.05, 0.1) is 19.5 Å². The Morgan fingerprint density at radius 3 is 2.15 bits per heavy atom. The van der Waals surface area contributed by atoms with Gasteiger partial charge in [-0.25, -0.2) is 9.59 Å². The molecule has 0 aromatic rings. The minimum absolute atomic E-state index is 0.109. The zero-order valence-corrected chi connectivity index (χ0v) is 11.6. The quantitative estimate of drug-likeness (QED) is 0.188. The Kier molecular flexibility index (Phi) is 12.0. The third kappa shape index (κ3) is 12.4. The van der Waals surface area contributed by atoms with Crippen LogP contribution in [0.25, 0.3) is 0 Å². The topological polar surface area (TPSA) is 71.1 Å². The summed E-state index contributed by atoms with van der Waals surface area (Å²) in [5.74, 6) is -1.26. The highest BCUT2D eigenvalue weighted by atomic mass is 16.6. The molecule has 6 nitrogen and oxygen atoms in total. The van der Waals surface area contributed by atoms with Crippen molar-refractivity contribution in [2.45, 2.75) is 6.92 Å². The molecular formula is C14H20O6. The minimum Gasteiger partial charge on any atom is -0.498 e. The van der Waals surface area contributed by atoms with Crippen LogP contribution >= 0.6 is 0 Å². The van der Waals surface area contributed by atoms with Crippen molar-refractivity contribution in [2.75, 3.05) is 33.0 Å². The SMILES string of the molecule is C=CCOCCOC(=O)/C=C/C(=O)OCCO/C=C/C. The minimum atomic E-state index is -0.631. The molecule has 0 aliphatic carbocycles. The van der Waals surface area contributed by atoms with Gasteiger partial charge >= 0.3 is 11.9 Å². The van der Waals surface area contributed by atoms with Crippen LogP contribution in [0, 0.1) is 0 Å². The molecule has 0 aliphatic heterocycles. The molecule has 0 aliphatic rings. The van der Waals surface area contributed by atoms with Crippen LogP contribution in [0.1, 0.15) is 6.92 Å². The third-order valence-electron chi connectivity index (χ3n) is 1.74. The molecule has 0 bridgehead atoms. The molecule has 112 valence electrons. The van der Waals surface area contributed by atoms with E-state index in [1.807, 2.05) is 6.92 Å². The Balaban J connectivity index is 3.61. The lowest BCUT2D eigenvalue weighted by atomic mass is 10.5. The van der Waals surface area contributed by atoms with E-state index in [2.05, 4.69) is 6.58 Å². The number of esters is 2. The maximum absolute atomic E-state index is 11.2. The van der Waals surface area contributed by atoms with Crippen molar-refractivity contribution in [3.63, 3.8) is 0 Å². The average Bonchev–Trinajstić information content (AvgIpc) is 2.44. The molecule has 0 N–H and O–H groups in total. The van der Waals surface area contributed by atoms with Gasteiger partial charge in [0, 0.05) is 12.2 Å². The van der Waals surface area contributed by atoms with Gasteiger partial charge in [-0.05, 0) is 6.92 Å². The summed E-state index contributed by atoms with van der Waals surface area (Å²) in [6.45, 7) is 6.44. The molecule has 0 unspecified atom stereocenters. The number of hydrogen-bond acceptors (Lipinski definition) is 6. The van der Waals surface area contributed by atoms with Gasteiger partial charge in [0.25, 0.3) is 0 Å². The van der Waals surface area contributed by atoms with Crippen molar-refractivity contribution in [1.29, 1.82) is 0 Å². The van der Waals surface area contributed by atoms with E-state index in [0.717, 1.165) is 12.2 Å². The maximum atomic E-state index is 11.2. The highest BCUT2D eigenvalue weighted by Gasteiger charge is 2.00. The van der Waals surface area contributed by atoms with Crippen LogP contribution < -0.4 is 0 Å². The first-order chi connectivity index (χ1) is 9.70. The number of rotatable bonds is 11. The van der Waals surface area contributed by atoms with E-state index in [1.165, 1.54) is 6.26 Å². The van der Waals surface area contributed by atoms with Crippen LogP contribution in [-0.2, 0) is 28.5 Å². The van der Waals surface area contributed by atoms with Crippen LogP contribution in [-0.4, -0.2) is 45.0 Å². The van der Waals surface area contributed by atoms with Gasteiger partial charge in [0.1, 0.15) is 19.8 Å². The van der Waals surface area contributed by atoms with Crippen molar-refractivity contribution in [3.05, 3.63) is 37.1 Å². The lowest BCUT2D eigenvalue weighted by Gasteiger charge is -2.02. The highest BCUT2D eigenvalue weighted by Crippen LogP contribution is 1.87. The van der Waals surface area contributed by atoms with E-state index in [-0.39, 0.29) is 26.4 Å². The largest absolute Gasteiger partial charge is 0.498 e. The summed E-state index contributed by atoms with van der Waals surface area (Å²) in [6, 6.07) is 0. The predicted molar refractivity (Wildman–Crippen MR) is 72.8 cm³/mol. The number of carbonyl (C=O) groups is 2. The molecular weight excluding hydrogens is 264 g/mol. The Bertz CT molecular complexity index is 346. The van der Waals surface area contributed by atoms with Gasteiger partial charge < -0.3 is 18.9 Å². The number of allylic oxidation sites excluding steroid dienone is 1. The summed E-state index contributed by atoms with van der Waals surface area (Å²) in [6.07, 6.45) is 6.81. The number of carbonyl (C=O) groups excluding carboxylic acids is 2. The third-order valence-corrected chi connectivity index (χ3v) is 1.74. The second kappa shape index (κ2) is 13.4. The molecule has 0 amide bonds. The summed E-state index contributed by atoms with van der Waals surface area (Å²) < 4.78 is 19.5. The van der Waals surface area contributed by atoms with Crippen molar-refractivity contribution in [2.24, 2.45) is 0 Å². The second-order valence-corrected chi connectivity index (χ2v) is 3.37. The molecule has 0 aromatic heterocycles. The van der Waals surface area contributed by atoms with E-state index in [9.17, 15) is 9.59 Å². The van der Waals surface area contributed by atoms with Gasteiger partial charge in [-0.1, -0.05) is 12.2 Å². The first-order valence-corrected chi connectivity index (χ1v) is 6.13. The molecule has 0 saturated heterocycles. The zero-order chi connectivity index (χ0) is 15.1. The first kappa shape index (κ1) is 17.9. The molecule has 6 heteroatoms. The van der Waals surface area contributed by atoms with Gasteiger partial charge in [-0.2, -0.15) is 0 Å². The van der Waals surface area contributed by atoms with Crippen LogP contribution in [0.5, 0.6) is 0 Å². The van der Waals surface area contributed by atoms with Crippen LogP contribution in [0.3, 0.4) is 0 Å². The molecule has 0 heterocycles. The normalized spacial score (nSPS) is 10.7. The van der Waals surface area contributed by atoms with Crippen LogP contribution in [0.4, 0.5) is 0 Å². The molecule has 0 fully saturated rings. The number of hydrogen-bond donors (Lipinski definition) is 0. The lowest BCUT2D eigenvalue weighted by Crippen LogP contribution is -2.10. The maximum Gasteiger partial charge on any atom is 0.331 e. The lowest BCUT2D eigenvalue weighted by molar-refractivity contribution is -0.141. The van der Waals surface area contributed by atoms with Crippen molar-refractivity contribution in [3.8, 4) is 0 Å². The zero-order valence-electron chi connectivity index (χ0n) is 11.6. The van der Waals surface area contributed by atoms with E-state index >= 15 is 0 Å². The van der Waals surface area contributed by atoms with E-state index in [0.29, 0.717) is 6.61 Å². The van der Waals surface area contributed by atoms with E-state index < -0.39 is 11.9 Å². The smallest absolute Gasteiger partial charge is 0.331 e. The molecule has 0 atom stereocenters. The monoisotopic (exact) mass is 284 g/mol. The average molecular weight is 284 g/mol. The molecule has 0 aromatic carbocycles.